The number of fused-ring (bicyclic) bond motifs is 3. The molecule has 4 fully saturated rings. The molecule has 3 aromatic heterocycles. The molecule has 1 unspecified atom stereocenters. The number of hydrogen-bond donors (Lipinski definition) is 2. The SMILES string of the molecule is N#CCCC(Nc1c(C#N)cnc2c(Cl)cc(N[C@H](c3cn([C@H]4[C@@H]5CN(C6COC6)C[C@@H]54)nn3)c3csc4c3CCN(C3COC3)C4)cc12)c1ccccc1. The van der Waals surface area contributed by atoms with E-state index < -0.39 is 0 Å². The van der Waals surface area contributed by atoms with Crippen molar-refractivity contribution in [3.8, 4) is 12.1 Å². The van der Waals surface area contributed by atoms with Crippen LogP contribution in [0, 0.1) is 34.5 Å². The molecule has 3 saturated heterocycles. The van der Waals surface area contributed by atoms with Gasteiger partial charge in [0.1, 0.15) is 11.8 Å². The molecule has 4 aliphatic heterocycles. The van der Waals surface area contributed by atoms with Crippen LogP contribution in [-0.4, -0.2) is 87.9 Å². The van der Waals surface area contributed by atoms with Crippen molar-refractivity contribution in [2.24, 2.45) is 11.8 Å². The summed E-state index contributed by atoms with van der Waals surface area (Å²) in [7, 11) is 0. The van der Waals surface area contributed by atoms with Gasteiger partial charge in [0, 0.05) is 66.6 Å². The van der Waals surface area contributed by atoms with Gasteiger partial charge in [-0.25, -0.2) is 4.68 Å². The fourth-order valence-electron chi connectivity index (χ4n) is 9.03. The molecular formula is C41H41ClN10O2S. The molecule has 2 N–H and O–H groups in total. The van der Waals surface area contributed by atoms with Crippen LogP contribution in [0.4, 0.5) is 11.4 Å². The van der Waals surface area contributed by atoms with Crippen molar-refractivity contribution in [2.75, 3.05) is 56.7 Å². The third kappa shape index (κ3) is 6.43. The highest BCUT2D eigenvalue weighted by atomic mass is 35.5. The molecule has 0 radical (unpaired) electrons. The molecule has 55 heavy (non-hydrogen) atoms. The zero-order valence-corrected chi connectivity index (χ0v) is 31.8. The maximum atomic E-state index is 10.3. The molecule has 0 bridgehead atoms. The summed E-state index contributed by atoms with van der Waals surface area (Å²) in [6.07, 6.45) is 5.60. The molecule has 0 amide bonds. The van der Waals surface area contributed by atoms with Gasteiger partial charge < -0.3 is 20.1 Å². The van der Waals surface area contributed by atoms with Gasteiger partial charge in [-0.2, -0.15) is 10.5 Å². The molecule has 0 spiro atoms. The topological polar surface area (TPSA) is 140 Å². The average molecular weight is 773 g/mol. The van der Waals surface area contributed by atoms with Crippen molar-refractivity contribution in [1.29, 1.82) is 10.5 Å². The van der Waals surface area contributed by atoms with Gasteiger partial charge in [0.05, 0.1) is 90.7 Å². The minimum absolute atomic E-state index is 0.198. The average Bonchev–Trinajstić information content (AvgIpc) is 3.58. The number of piperidine rings is 1. The molecule has 2 aromatic carbocycles. The first kappa shape index (κ1) is 34.9. The normalized spacial score (nSPS) is 23.5. The monoisotopic (exact) mass is 772 g/mol. The molecule has 5 aliphatic rings. The molecule has 5 aromatic rings. The molecular weight excluding hydrogens is 732 g/mol. The first-order chi connectivity index (χ1) is 27.1. The van der Waals surface area contributed by atoms with E-state index in [9.17, 15) is 10.5 Å². The molecule has 12 nitrogen and oxygen atoms in total. The predicted octanol–water partition coefficient (Wildman–Crippen LogP) is 6.33. The number of benzene rings is 2. The maximum absolute atomic E-state index is 10.3. The van der Waals surface area contributed by atoms with E-state index in [1.807, 2.05) is 53.8 Å². The van der Waals surface area contributed by atoms with Crippen LogP contribution < -0.4 is 10.6 Å². The van der Waals surface area contributed by atoms with Gasteiger partial charge in [0.2, 0.25) is 0 Å². The Hall–Kier alpha value is -4.60. The third-order valence-corrected chi connectivity index (χ3v) is 13.6. The summed E-state index contributed by atoms with van der Waals surface area (Å²) < 4.78 is 13.1. The van der Waals surface area contributed by atoms with Gasteiger partial charge in [-0.1, -0.05) is 47.1 Å². The molecule has 1 aliphatic carbocycles. The van der Waals surface area contributed by atoms with Gasteiger partial charge >= 0.3 is 0 Å². The van der Waals surface area contributed by atoms with Crippen molar-refractivity contribution in [1.82, 2.24) is 29.8 Å². The predicted molar refractivity (Wildman–Crippen MR) is 210 cm³/mol. The highest BCUT2D eigenvalue weighted by molar-refractivity contribution is 7.10. The second-order valence-corrected chi connectivity index (χ2v) is 16.9. The van der Waals surface area contributed by atoms with E-state index in [0.29, 0.717) is 64.6 Å². The van der Waals surface area contributed by atoms with Gasteiger partial charge in [0.15, 0.2) is 0 Å². The molecule has 10 rings (SSSR count). The summed E-state index contributed by atoms with van der Waals surface area (Å²) in [4.78, 5) is 11.2. The molecule has 280 valence electrons. The Labute approximate surface area is 328 Å². The van der Waals surface area contributed by atoms with Gasteiger partial charge in [-0.15, -0.1) is 16.4 Å². The van der Waals surface area contributed by atoms with Gasteiger partial charge in [0.25, 0.3) is 0 Å². The summed E-state index contributed by atoms with van der Waals surface area (Å²) in [5.41, 5.74) is 6.92. The fourth-order valence-corrected chi connectivity index (χ4v) is 10.5. The number of nitrogens with zero attached hydrogens (tertiary/aromatic N) is 8. The van der Waals surface area contributed by atoms with E-state index in [4.69, 9.17) is 31.4 Å². The van der Waals surface area contributed by atoms with Crippen molar-refractivity contribution in [3.63, 3.8) is 0 Å². The number of anilines is 2. The fraction of sp³-hybridized carbons (Fsp3) is 0.439. The molecule has 7 heterocycles. The van der Waals surface area contributed by atoms with Crippen molar-refractivity contribution < 1.29 is 9.47 Å². The Bertz CT molecular complexity index is 2300. The van der Waals surface area contributed by atoms with Crippen LogP contribution in [-0.2, 0) is 22.4 Å². The summed E-state index contributed by atoms with van der Waals surface area (Å²) in [5, 5.41) is 40.3. The van der Waals surface area contributed by atoms with E-state index in [0.717, 1.165) is 81.4 Å². The molecule has 14 heteroatoms. The lowest BCUT2D eigenvalue weighted by Gasteiger charge is -2.39. The number of hydrogen-bond acceptors (Lipinski definition) is 12. The Balaban J connectivity index is 0.998. The number of nitrogens with one attached hydrogen (secondary N) is 2. The Morgan fingerprint density at radius 2 is 1.78 bits per heavy atom. The number of nitriles is 2. The van der Waals surface area contributed by atoms with Gasteiger partial charge in [-0.05, 0) is 47.0 Å². The van der Waals surface area contributed by atoms with E-state index in [1.54, 1.807) is 6.20 Å². The summed E-state index contributed by atoms with van der Waals surface area (Å²) in [6.45, 7) is 7.41. The number of ether oxygens (including phenoxy) is 2. The summed E-state index contributed by atoms with van der Waals surface area (Å²) >= 11 is 8.86. The maximum Gasteiger partial charge on any atom is 0.110 e. The van der Waals surface area contributed by atoms with E-state index in [2.05, 4.69) is 53.8 Å². The van der Waals surface area contributed by atoms with Crippen LogP contribution in [0.1, 0.15) is 63.8 Å². The van der Waals surface area contributed by atoms with Crippen molar-refractivity contribution >= 4 is 45.2 Å². The van der Waals surface area contributed by atoms with E-state index in [-0.39, 0.29) is 12.1 Å². The van der Waals surface area contributed by atoms with E-state index >= 15 is 0 Å². The Kier molecular flexibility index (Phi) is 9.18. The second kappa shape index (κ2) is 14.5. The largest absolute Gasteiger partial charge is 0.378 e. The molecule has 1 saturated carbocycles. The first-order valence-electron chi connectivity index (χ1n) is 19.2. The first-order valence-corrected chi connectivity index (χ1v) is 20.4. The minimum Gasteiger partial charge on any atom is -0.378 e. The van der Waals surface area contributed by atoms with Crippen LogP contribution in [0.25, 0.3) is 10.9 Å². The lowest BCUT2D eigenvalue weighted by atomic mass is 9.95. The third-order valence-electron chi connectivity index (χ3n) is 12.3. The summed E-state index contributed by atoms with van der Waals surface area (Å²) in [5.74, 6) is 1.19. The van der Waals surface area contributed by atoms with Crippen LogP contribution in [0.15, 0.2) is 60.2 Å². The van der Waals surface area contributed by atoms with Crippen LogP contribution in [0.3, 0.4) is 0 Å². The van der Waals surface area contributed by atoms with Gasteiger partial charge in [-0.3, -0.25) is 14.8 Å². The quantitative estimate of drug-likeness (QED) is 0.147. The van der Waals surface area contributed by atoms with Crippen molar-refractivity contribution in [2.45, 2.75) is 56.0 Å². The van der Waals surface area contributed by atoms with Crippen molar-refractivity contribution in [3.05, 3.63) is 98.1 Å². The number of rotatable bonds is 12. The lowest BCUT2D eigenvalue weighted by Crippen LogP contribution is -2.50. The lowest BCUT2D eigenvalue weighted by molar-refractivity contribution is -0.0691. The second-order valence-electron chi connectivity index (χ2n) is 15.5. The zero-order valence-electron chi connectivity index (χ0n) is 30.3. The Morgan fingerprint density at radius 1 is 1.00 bits per heavy atom. The van der Waals surface area contributed by atoms with Crippen LogP contribution in [0.2, 0.25) is 5.02 Å². The Morgan fingerprint density at radius 3 is 2.51 bits per heavy atom. The van der Waals surface area contributed by atoms with E-state index in [1.165, 1.54) is 16.0 Å². The zero-order chi connectivity index (χ0) is 37.0. The molecule has 5 atom stereocenters. The highest BCUT2D eigenvalue weighted by Crippen LogP contribution is 2.55. The number of pyridine rings is 1. The van der Waals surface area contributed by atoms with Crippen LogP contribution >= 0.6 is 22.9 Å². The minimum atomic E-state index is -0.278. The number of halogens is 1. The highest BCUT2D eigenvalue weighted by Gasteiger charge is 2.59. The standard InChI is InChI=1S/C41H41ClN10O2S/c42-34-12-26(11-30-38(25(13-44)14-45-39(30)34)47-35(7-4-9-43)24-5-2-1-3-6-24)46-40(33-23-55-37-18-50(10-8-29(33)37)27-19-53-20-27)36-17-52(49-48-36)41-31-15-51(16-32(31)41)28-21-54-22-28/h1-3,5-6,11-12,14,17,23,27-28,31-32,35,40-41,46H,4,7-8,10,15-16,18-22H2,(H,45,47)/t31-,32+,35?,40-,41+/m0/s1. The smallest absolute Gasteiger partial charge is 0.110 e. The van der Waals surface area contributed by atoms with Crippen LogP contribution in [0.5, 0.6) is 0 Å². The number of thiophene rings is 1. The number of aromatic nitrogens is 4. The number of likely N-dealkylation sites (tertiary alicyclic amines) is 1. The summed E-state index contributed by atoms with van der Waals surface area (Å²) in [6, 6.07) is 19.5.